The van der Waals surface area contributed by atoms with Gasteiger partial charge in [-0.1, -0.05) is 17.7 Å². The smallest absolute Gasteiger partial charge is 0.307 e. The van der Waals surface area contributed by atoms with Gasteiger partial charge >= 0.3 is 5.97 Å². The monoisotopic (exact) mass is 202 g/mol. The fourth-order valence-corrected chi connectivity index (χ4v) is 3.32. The van der Waals surface area contributed by atoms with E-state index in [1.165, 1.54) is 22.3 Å². The molecule has 0 bridgehead atoms. The number of hydrogen-bond donors (Lipinski definition) is 1. The quantitative estimate of drug-likeness (QED) is 0.758. The third kappa shape index (κ3) is 1.08. The Kier molecular flexibility index (Phi) is 1.57. The average Bonchev–Trinajstić information content (AvgIpc) is 2.67. The highest BCUT2D eigenvalue weighted by atomic mass is 16.4. The Bertz CT molecular complexity index is 462. The molecule has 0 spiro atoms. The molecule has 1 fully saturated rings. The third-order valence-corrected chi connectivity index (χ3v) is 3.86. The van der Waals surface area contributed by atoms with Crippen LogP contribution in [0.3, 0.4) is 0 Å². The predicted octanol–water partition coefficient (Wildman–Crippen LogP) is 2.27. The van der Waals surface area contributed by atoms with Crippen LogP contribution in [0.1, 0.15) is 28.2 Å². The molecular formula is C13H14O2. The summed E-state index contributed by atoms with van der Waals surface area (Å²) in [4.78, 5) is 11.0. The zero-order chi connectivity index (χ0) is 10.7. The van der Waals surface area contributed by atoms with E-state index in [4.69, 9.17) is 5.11 Å². The lowest BCUT2D eigenvalue weighted by atomic mass is 9.95. The first-order chi connectivity index (χ1) is 7.09. The van der Waals surface area contributed by atoms with Crippen molar-refractivity contribution in [3.05, 3.63) is 34.4 Å². The summed E-state index contributed by atoms with van der Waals surface area (Å²) in [5.41, 5.74) is 5.29. The van der Waals surface area contributed by atoms with Crippen LogP contribution in [0.15, 0.2) is 12.1 Å². The second-order valence-electron chi connectivity index (χ2n) is 4.91. The van der Waals surface area contributed by atoms with E-state index in [2.05, 4.69) is 26.0 Å². The Morgan fingerprint density at radius 1 is 1.40 bits per heavy atom. The van der Waals surface area contributed by atoms with Crippen LogP contribution >= 0.6 is 0 Å². The van der Waals surface area contributed by atoms with E-state index in [1.54, 1.807) is 0 Å². The van der Waals surface area contributed by atoms with Gasteiger partial charge in [-0.05, 0) is 42.9 Å². The van der Waals surface area contributed by atoms with Crippen molar-refractivity contribution in [3.63, 3.8) is 0 Å². The van der Waals surface area contributed by atoms with Crippen LogP contribution in [0, 0.1) is 25.7 Å². The number of fused-ring (bicyclic) bond motifs is 3. The van der Waals surface area contributed by atoms with Crippen LogP contribution in [0.2, 0.25) is 0 Å². The molecule has 0 radical (unpaired) electrons. The molecule has 0 unspecified atom stereocenters. The molecule has 1 aromatic rings. The van der Waals surface area contributed by atoms with E-state index in [-0.39, 0.29) is 5.92 Å². The van der Waals surface area contributed by atoms with Crippen molar-refractivity contribution in [1.29, 1.82) is 0 Å². The zero-order valence-electron chi connectivity index (χ0n) is 8.95. The lowest BCUT2D eigenvalue weighted by Gasteiger charge is -2.10. The van der Waals surface area contributed by atoms with E-state index in [1.807, 2.05) is 0 Å². The molecule has 0 aliphatic heterocycles. The largest absolute Gasteiger partial charge is 0.481 e. The first-order valence-electron chi connectivity index (χ1n) is 5.42. The van der Waals surface area contributed by atoms with Gasteiger partial charge in [-0.15, -0.1) is 0 Å². The lowest BCUT2D eigenvalue weighted by Crippen LogP contribution is -2.06. The summed E-state index contributed by atoms with van der Waals surface area (Å²) in [7, 11) is 0. The number of aliphatic carboxylic acids is 1. The zero-order valence-corrected chi connectivity index (χ0v) is 8.95. The van der Waals surface area contributed by atoms with Gasteiger partial charge in [-0.2, -0.15) is 0 Å². The van der Waals surface area contributed by atoms with Crippen molar-refractivity contribution in [3.8, 4) is 0 Å². The maximum absolute atomic E-state index is 11.0. The Balaban J connectivity index is 2.06. The first kappa shape index (κ1) is 8.96. The number of hydrogen-bond acceptors (Lipinski definition) is 1. The van der Waals surface area contributed by atoms with Gasteiger partial charge in [0.1, 0.15) is 0 Å². The van der Waals surface area contributed by atoms with Gasteiger partial charge in [-0.25, -0.2) is 0 Å². The second-order valence-corrected chi connectivity index (χ2v) is 4.91. The molecule has 0 amide bonds. The fourth-order valence-electron chi connectivity index (χ4n) is 3.32. The molecule has 1 N–H and O–H groups in total. The SMILES string of the molecule is Cc1cc(C)c2c(c1)C[C@@H]1[C@@H](C(=O)O)[C@H]21. The van der Waals surface area contributed by atoms with Crippen molar-refractivity contribution in [1.82, 2.24) is 0 Å². The molecule has 2 aliphatic rings. The first-order valence-corrected chi connectivity index (χ1v) is 5.42. The van der Waals surface area contributed by atoms with Gasteiger partial charge in [0.2, 0.25) is 0 Å². The molecule has 1 aromatic carbocycles. The van der Waals surface area contributed by atoms with Gasteiger partial charge in [0, 0.05) is 5.92 Å². The molecule has 78 valence electrons. The number of carboxylic acids is 1. The molecule has 0 aromatic heterocycles. The van der Waals surface area contributed by atoms with E-state index in [0.29, 0.717) is 11.8 Å². The van der Waals surface area contributed by atoms with Crippen LogP contribution in [0.25, 0.3) is 0 Å². The van der Waals surface area contributed by atoms with Gasteiger partial charge in [0.15, 0.2) is 0 Å². The summed E-state index contributed by atoms with van der Waals surface area (Å²) >= 11 is 0. The van der Waals surface area contributed by atoms with Gasteiger partial charge in [0.05, 0.1) is 5.92 Å². The van der Waals surface area contributed by atoms with Crippen molar-refractivity contribution in [2.24, 2.45) is 11.8 Å². The predicted molar refractivity (Wildman–Crippen MR) is 57.0 cm³/mol. The minimum atomic E-state index is -0.615. The topological polar surface area (TPSA) is 37.3 Å². The molecule has 15 heavy (non-hydrogen) atoms. The summed E-state index contributed by atoms with van der Waals surface area (Å²) in [6.45, 7) is 4.21. The summed E-state index contributed by atoms with van der Waals surface area (Å²) in [5, 5.41) is 9.03. The van der Waals surface area contributed by atoms with Gasteiger partial charge in [-0.3, -0.25) is 4.79 Å². The summed E-state index contributed by atoms with van der Waals surface area (Å²) in [5.74, 6) is -0.00867. The Morgan fingerprint density at radius 2 is 2.13 bits per heavy atom. The molecule has 0 heterocycles. The number of carboxylic acid groups (broad SMARTS) is 1. The molecule has 3 atom stereocenters. The summed E-state index contributed by atoms with van der Waals surface area (Å²) in [6, 6.07) is 4.38. The molecule has 1 saturated carbocycles. The van der Waals surface area contributed by atoms with Crippen LogP contribution in [-0.4, -0.2) is 11.1 Å². The molecule has 0 saturated heterocycles. The highest BCUT2D eigenvalue weighted by Crippen LogP contribution is 2.62. The number of aryl methyl sites for hydroxylation is 2. The van der Waals surface area contributed by atoms with Crippen LogP contribution < -0.4 is 0 Å². The van der Waals surface area contributed by atoms with E-state index < -0.39 is 5.97 Å². The Hall–Kier alpha value is -1.31. The Labute approximate surface area is 88.9 Å². The molecule has 3 rings (SSSR count). The summed E-state index contributed by atoms with van der Waals surface area (Å²) < 4.78 is 0. The van der Waals surface area contributed by atoms with Gasteiger partial charge in [0.25, 0.3) is 0 Å². The standard InChI is InChI=1S/C13H14O2/c1-6-3-7(2)10-8(4-6)5-9-11(10)12(9)13(14)15/h3-4,9,11-12H,5H2,1-2H3,(H,14,15)/t9-,11-,12+/m0/s1. The average molecular weight is 202 g/mol. The van der Waals surface area contributed by atoms with Crippen molar-refractivity contribution < 1.29 is 9.90 Å². The van der Waals surface area contributed by atoms with Crippen LogP contribution in [0.4, 0.5) is 0 Å². The molecule has 2 aliphatic carbocycles. The maximum atomic E-state index is 11.0. The molecule has 2 heteroatoms. The fraction of sp³-hybridized carbons (Fsp3) is 0.462. The van der Waals surface area contributed by atoms with Crippen LogP contribution in [0.5, 0.6) is 0 Å². The molecular weight excluding hydrogens is 188 g/mol. The number of rotatable bonds is 1. The normalized spacial score (nSPS) is 30.9. The Morgan fingerprint density at radius 3 is 2.80 bits per heavy atom. The van der Waals surface area contributed by atoms with E-state index >= 15 is 0 Å². The number of carbonyl (C=O) groups is 1. The van der Waals surface area contributed by atoms with Crippen LogP contribution in [-0.2, 0) is 11.2 Å². The summed E-state index contributed by atoms with van der Waals surface area (Å²) in [6.07, 6.45) is 0.972. The minimum Gasteiger partial charge on any atom is -0.481 e. The van der Waals surface area contributed by atoms with Crippen molar-refractivity contribution in [2.45, 2.75) is 26.2 Å². The molecule has 2 nitrogen and oxygen atoms in total. The van der Waals surface area contributed by atoms with E-state index in [9.17, 15) is 4.79 Å². The highest BCUT2D eigenvalue weighted by Gasteiger charge is 2.60. The highest BCUT2D eigenvalue weighted by molar-refractivity contribution is 5.78. The minimum absolute atomic E-state index is 0.0982. The maximum Gasteiger partial charge on any atom is 0.307 e. The van der Waals surface area contributed by atoms with E-state index in [0.717, 1.165) is 6.42 Å². The van der Waals surface area contributed by atoms with Crippen molar-refractivity contribution in [2.75, 3.05) is 0 Å². The van der Waals surface area contributed by atoms with Crippen molar-refractivity contribution >= 4 is 5.97 Å². The van der Waals surface area contributed by atoms with Gasteiger partial charge < -0.3 is 5.11 Å². The number of benzene rings is 1. The second kappa shape index (κ2) is 2.63. The third-order valence-electron chi connectivity index (χ3n) is 3.86. The lowest BCUT2D eigenvalue weighted by molar-refractivity contribution is -0.139.